The summed E-state index contributed by atoms with van der Waals surface area (Å²) in [5.41, 5.74) is 0.239. The Labute approximate surface area is 145 Å². The standard InChI is InChI=1S/C15H12O5.Y/c1-15(7-16)10-5-3-2-4-8(10)12(17)13-11(15)9(6-20-13)14(18)19;/h2-6,16H,7H2,1H3,(H,18,19);. The van der Waals surface area contributed by atoms with Crippen LogP contribution in [0, 0.1) is 0 Å². The Morgan fingerprint density at radius 2 is 2.00 bits per heavy atom. The molecule has 3 rings (SSSR count). The van der Waals surface area contributed by atoms with E-state index in [1.165, 1.54) is 0 Å². The summed E-state index contributed by atoms with van der Waals surface area (Å²) >= 11 is 0. The van der Waals surface area contributed by atoms with Gasteiger partial charge < -0.3 is 14.6 Å². The molecule has 105 valence electrons. The van der Waals surface area contributed by atoms with Crippen molar-refractivity contribution in [2.75, 3.05) is 6.61 Å². The van der Waals surface area contributed by atoms with Crippen LogP contribution in [0.3, 0.4) is 0 Å². The number of aliphatic hydroxyl groups excluding tert-OH is 1. The van der Waals surface area contributed by atoms with E-state index in [2.05, 4.69) is 0 Å². The van der Waals surface area contributed by atoms with Crippen LogP contribution in [0.25, 0.3) is 0 Å². The van der Waals surface area contributed by atoms with Gasteiger partial charge in [-0.1, -0.05) is 24.3 Å². The first-order valence-corrected chi connectivity index (χ1v) is 6.11. The van der Waals surface area contributed by atoms with E-state index in [4.69, 9.17) is 4.42 Å². The van der Waals surface area contributed by atoms with E-state index in [1.807, 2.05) is 0 Å². The van der Waals surface area contributed by atoms with Crippen LogP contribution in [0.15, 0.2) is 34.9 Å². The van der Waals surface area contributed by atoms with Crippen LogP contribution in [-0.2, 0) is 38.1 Å². The largest absolute Gasteiger partial charge is 0.478 e. The van der Waals surface area contributed by atoms with Crippen LogP contribution in [0.4, 0.5) is 0 Å². The van der Waals surface area contributed by atoms with Gasteiger partial charge in [0.05, 0.1) is 6.61 Å². The second-order valence-corrected chi connectivity index (χ2v) is 5.02. The normalized spacial score (nSPS) is 19.4. The van der Waals surface area contributed by atoms with Gasteiger partial charge in [0.25, 0.3) is 0 Å². The van der Waals surface area contributed by atoms with Crippen LogP contribution < -0.4 is 0 Å². The number of fused-ring (bicyclic) bond motifs is 2. The molecule has 6 heteroatoms. The summed E-state index contributed by atoms with van der Waals surface area (Å²) in [6.45, 7) is 1.39. The number of ketones is 1. The van der Waals surface area contributed by atoms with Crippen molar-refractivity contribution in [3.63, 3.8) is 0 Å². The summed E-state index contributed by atoms with van der Waals surface area (Å²) in [7, 11) is 0. The molecule has 1 aliphatic carbocycles. The van der Waals surface area contributed by atoms with Gasteiger partial charge in [-0.05, 0) is 12.5 Å². The van der Waals surface area contributed by atoms with Crippen LogP contribution >= 0.6 is 0 Å². The summed E-state index contributed by atoms with van der Waals surface area (Å²) < 4.78 is 5.17. The van der Waals surface area contributed by atoms with E-state index in [9.17, 15) is 19.8 Å². The topological polar surface area (TPSA) is 87.7 Å². The maximum atomic E-state index is 12.4. The maximum Gasteiger partial charge on any atom is 0.339 e. The van der Waals surface area contributed by atoms with E-state index >= 15 is 0 Å². The number of carboxylic acid groups (broad SMARTS) is 1. The first-order chi connectivity index (χ1) is 9.50. The molecule has 2 aromatic rings. The van der Waals surface area contributed by atoms with Gasteiger partial charge in [0, 0.05) is 49.3 Å². The molecule has 2 N–H and O–H groups in total. The Morgan fingerprint density at radius 3 is 2.62 bits per heavy atom. The zero-order valence-electron chi connectivity index (χ0n) is 11.3. The monoisotopic (exact) mass is 361 g/mol. The second-order valence-electron chi connectivity index (χ2n) is 5.02. The van der Waals surface area contributed by atoms with Gasteiger partial charge in [-0.2, -0.15) is 0 Å². The van der Waals surface area contributed by atoms with Crippen LogP contribution in [-0.4, -0.2) is 28.6 Å². The Balaban J connectivity index is 0.00000161. The molecule has 0 fully saturated rings. The average Bonchev–Trinajstić information content (AvgIpc) is 2.91. The number of hydrogen-bond acceptors (Lipinski definition) is 4. The van der Waals surface area contributed by atoms with Gasteiger partial charge in [-0.3, -0.25) is 4.79 Å². The van der Waals surface area contributed by atoms with E-state index in [-0.39, 0.29) is 62.0 Å². The minimum absolute atomic E-state index is 0. The van der Waals surface area contributed by atoms with Crippen molar-refractivity contribution in [3.8, 4) is 0 Å². The van der Waals surface area contributed by atoms with Gasteiger partial charge in [-0.15, -0.1) is 0 Å². The number of carboxylic acids is 1. The van der Waals surface area contributed by atoms with Crippen molar-refractivity contribution in [2.45, 2.75) is 12.3 Å². The van der Waals surface area contributed by atoms with Crippen LogP contribution in [0.1, 0.15) is 44.5 Å². The molecule has 0 aliphatic heterocycles. The Kier molecular flexibility index (Phi) is 4.20. The SMILES string of the molecule is CC1(CO)c2ccccc2C(=O)c2occ(C(=O)O)c21.[Y]. The number of carbonyl (C=O) groups excluding carboxylic acids is 1. The zero-order valence-corrected chi connectivity index (χ0v) is 14.1. The minimum Gasteiger partial charge on any atom is -0.478 e. The molecule has 1 atom stereocenters. The van der Waals surface area contributed by atoms with E-state index < -0.39 is 11.4 Å². The number of rotatable bonds is 2. The number of carbonyl (C=O) groups is 2. The fourth-order valence-corrected chi connectivity index (χ4v) is 2.81. The molecule has 5 nitrogen and oxygen atoms in total. The summed E-state index contributed by atoms with van der Waals surface area (Å²) in [4.78, 5) is 23.7. The summed E-state index contributed by atoms with van der Waals surface area (Å²) in [5.74, 6) is -1.53. The van der Waals surface area contributed by atoms with Crippen LogP contribution in [0.2, 0.25) is 0 Å². The minimum atomic E-state index is -1.18. The quantitative estimate of drug-likeness (QED) is 0.852. The van der Waals surface area contributed by atoms with Gasteiger partial charge in [0.15, 0.2) is 5.76 Å². The van der Waals surface area contributed by atoms with Gasteiger partial charge >= 0.3 is 5.97 Å². The van der Waals surface area contributed by atoms with Crippen molar-refractivity contribution in [1.29, 1.82) is 0 Å². The van der Waals surface area contributed by atoms with Gasteiger partial charge in [0.2, 0.25) is 5.78 Å². The molecule has 0 bridgehead atoms. The smallest absolute Gasteiger partial charge is 0.339 e. The van der Waals surface area contributed by atoms with Crippen molar-refractivity contribution >= 4 is 11.8 Å². The Hall–Kier alpha value is -1.30. The molecular weight excluding hydrogens is 349 g/mol. The molecule has 0 saturated heterocycles. The van der Waals surface area contributed by atoms with Gasteiger partial charge in [0.1, 0.15) is 11.8 Å². The molecule has 1 aromatic carbocycles. The van der Waals surface area contributed by atoms with Gasteiger partial charge in [-0.25, -0.2) is 4.79 Å². The molecule has 1 radical (unpaired) electrons. The number of benzene rings is 1. The number of aliphatic hydroxyl groups is 1. The fourth-order valence-electron chi connectivity index (χ4n) is 2.81. The molecule has 1 aliphatic rings. The van der Waals surface area contributed by atoms with Crippen molar-refractivity contribution < 1.29 is 56.9 Å². The van der Waals surface area contributed by atoms with E-state index in [0.29, 0.717) is 11.1 Å². The molecule has 1 unspecified atom stereocenters. The predicted molar refractivity (Wildman–Crippen MR) is 69.1 cm³/mol. The molecule has 0 saturated carbocycles. The molecule has 0 amide bonds. The third-order valence-corrected chi connectivity index (χ3v) is 3.86. The van der Waals surface area contributed by atoms with E-state index in [0.717, 1.165) is 6.26 Å². The number of hydrogen-bond donors (Lipinski definition) is 2. The third-order valence-electron chi connectivity index (χ3n) is 3.86. The fraction of sp³-hybridized carbons (Fsp3) is 0.200. The first kappa shape index (κ1) is 16.1. The Bertz CT molecular complexity index is 733. The molecule has 1 aromatic heterocycles. The average molecular weight is 361 g/mol. The zero-order chi connectivity index (χ0) is 14.5. The Morgan fingerprint density at radius 1 is 1.33 bits per heavy atom. The van der Waals surface area contributed by atoms with Crippen molar-refractivity contribution in [1.82, 2.24) is 0 Å². The summed E-state index contributed by atoms with van der Waals surface area (Å²) in [5, 5.41) is 19.0. The van der Waals surface area contributed by atoms with Crippen molar-refractivity contribution in [2.24, 2.45) is 0 Å². The predicted octanol–water partition coefficient (Wildman–Crippen LogP) is 1.82. The summed E-state index contributed by atoms with van der Waals surface area (Å²) in [6.07, 6.45) is 1.06. The first-order valence-electron chi connectivity index (χ1n) is 6.11. The number of furan rings is 1. The molecule has 1 heterocycles. The molecule has 21 heavy (non-hydrogen) atoms. The second kappa shape index (κ2) is 5.48. The van der Waals surface area contributed by atoms with Crippen LogP contribution in [0.5, 0.6) is 0 Å². The molecular formula is C15H12O5Y. The van der Waals surface area contributed by atoms with Crippen molar-refractivity contribution in [3.05, 3.63) is 58.5 Å². The number of aromatic carboxylic acids is 1. The molecule has 0 spiro atoms. The van der Waals surface area contributed by atoms with E-state index in [1.54, 1.807) is 31.2 Å². The summed E-state index contributed by atoms with van der Waals surface area (Å²) in [6, 6.07) is 6.86. The third kappa shape index (κ3) is 2.11. The maximum absolute atomic E-state index is 12.4.